The molecule has 2 rings (SSSR count). The number of hydrogen-bond donors (Lipinski definition) is 3. The minimum Gasteiger partial charge on any atom is -0.464 e. The number of methoxy groups -OCH3 is 1. The monoisotopic (exact) mass is 514 g/mol. The largest absolute Gasteiger partial charge is 0.464 e. The van der Waals surface area contributed by atoms with E-state index in [4.69, 9.17) is 15.6 Å². The third-order valence-corrected chi connectivity index (χ3v) is 6.19. The number of alkyl carbamates (subject to hydrolysis) is 1. The molecule has 0 bridgehead atoms. The summed E-state index contributed by atoms with van der Waals surface area (Å²) in [7, 11) is 1.27. The van der Waals surface area contributed by atoms with Gasteiger partial charge in [0.05, 0.1) is 20.3 Å². The Kier molecular flexibility index (Phi) is 15.2. The Bertz CT molecular complexity index is 889. The van der Waals surface area contributed by atoms with Crippen LogP contribution >= 0.6 is 0 Å². The Hall–Kier alpha value is -2.90. The average Bonchev–Trinajstić information content (AvgIpc) is 2.91. The van der Waals surface area contributed by atoms with Crippen LogP contribution in [-0.2, 0) is 27.1 Å². The van der Waals surface area contributed by atoms with Crippen LogP contribution in [0.4, 0.5) is 4.79 Å². The molecule has 37 heavy (non-hydrogen) atoms. The summed E-state index contributed by atoms with van der Waals surface area (Å²) >= 11 is 0. The number of benzene rings is 2. The molecular formula is C30H46N2O5. The van der Waals surface area contributed by atoms with Gasteiger partial charge in [-0.25, -0.2) is 9.59 Å². The number of ether oxygens (including phenoxy) is 2. The van der Waals surface area contributed by atoms with Gasteiger partial charge in [-0.1, -0.05) is 73.5 Å². The van der Waals surface area contributed by atoms with Gasteiger partial charge in [0.1, 0.15) is 5.54 Å². The van der Waals surface area contributed by atoms with Crippen LogP contribution in [0.15, 0.2) is 60.7 Å². The van der Waals surface area contributed by atoms with Crippen LogP contribution in [0, 0.1) is 0 Å². The second-order valence-electron chi connectivity index (χ2n) is 9.87. The van der Waals surface area contributed by atoms with Crippen molar-refractivity contribution in [2.75, 3.05) is 20.3 Å². The van der Waals surface area contributed by atoms with Crippen LogP contribution in [0.5, 0.6) is 0 Å². The van der Waals surface area contributed by atoms with Crippen molar-refractivity contribution in [1.29, 1.82) is 0 Å². The topological polar surface area (TPSA) is 111 Å². The standard InChI is InChI=1S/C17H25NO4.C13H21NO/c1-4-22-15(19)17(2,18-16(20)21-3)13-9-8-12-14-10-6-5-7-11-14;1-13(14,11-15)10-6-5-9-12-7-3-2-4-8-12/h5-7,10-11H,4,8-9,12-13H2,1-3H3,(H,18,20);2-4,7-8,15H,5-6,9-11,14H2,1H3. The van der Waals surface area contributed by atoms with E-state index in [1.54, 1.807) is 13.8 Å². The molecule has 0 saturated carbocycles. The van der Waals surface area contributed by atoms with E-state index < -0.39 is 23.1 Å². The number of hydrogen-bond acceptors (Lipinski definition) is 6. The highest BCUT2D eigenvalue weighted by molar-refractivity contribution is 5.85. The van der Waals surface area contributed by atoms with Gasteiger partial charge in [0.25, 0.3) is 0 Å². The summed E-state index contributed by atoms with van der Waals surface area (Å²) in [6.07, 6.45) is 6.75. The molecule has 7 nitrogen and oxygen atoms in total. The summed E-state index contributed by atoms with van der Waals surface area (Å²) in [4.78, 5) is 23.5. The van der Waals surface area contributed by atoms with Crippen LogP contribution < -0.4 is 11.1 Å². The first-order valence-electron chi connectivity index (χ1n) is 13.2. The molecule has 0 aliphatic carbocycles. The fourth-order valence-corrected chi connectivity index (χ4v) is 3.82. The highest BCUT2D eigenvalue weighted by Gasteiger charge is 2.36. The number of rotatable bonds is 14. The Morgan fingerprint density at radius 2 is 1.35 bits per heavy atom. The summed E-state index contributed by atoms with van der Waals surface area (Å²) in [5.41, 5.74) is 7.02. The van der Waals surface area contributed by atoms with Crippen LogP contribution in [0.3, 0.4) is 0 Å². The highest BCUT2D eigenvalue weighted by Crippen LogP contribution is 2.18. The van der Waals surface area contributed by atoms with Crippen LogP contribution in [-0.4, -0.2) is 48.6 Å². The Labute approximate surface area is 222 Å². The molecule has 0 fully saturated rings. The lowest BCUT2D eigenvalue weighted by Gasteiger charge is -2.27. The fourth-order valence-electron chi connectivity index (χ4n) is 3.82. The Morgan fingerprint density at radius 3 is 1.78 bits per heavy atom. The predicted molar refractivity (Wildman–Crippen MR) is 148 cm³/mol. The smallest absolute Gasteiger partial charge is 0.407 e. The van der Waals surface area contributed by atoms with E-state index in [1.807, 2.05) is 31.2 Å². The van der Waals surface area contributed by atoms with Crippen LogP contribution in [0.2, 0.25) is 0 Å². The predicted octanol–water partition coefficient (Wildman–Crippen LogP) is 5.19. The van der Waals surface area contributed by atoms with Gasteiger partial charge in [0, 0.05) is 5.54 Å². The van der Waals surface area contributed by atoms with E-state index in [9.17, 15) is 9.59 Å². The fraction of sp³-hybridized carbons (Fsp3) is 0.533. The molecule has 7 heteroatoms. The van der Waals surface area contributed by atoms with Gasteiger partial charge in [-0.05, 0) is 70.4 Å². The first kappa shape index (κ1) is 32.1. The highest BCUT2D eigenvalue weighted by atomic mass is 16.5. The summed E-state index contributed by atoms with van der Waals surface area (Å²) < 4.78 is 9.65. The van der Waals surface area contributed by atoms with E-state index >= 15 is 0 Å². The lowest BCUT2D eigenvalue weighted by Crippen LogP contribution is -2.53. The number of esters is 1. The number of amides is 1. The van der Waals surface area contributed by atoms with Crippen molar-refractivity contribution in [2.24, 2.45) is 5.73 Å². The van der Waals surface area contributed by atoms with Crippen molar-refractivity contribution in [3.63, 3.8) is 0 Å². The van der Waals surface area contributed by atoms with Crippen molar-refractivity contribution < 1.29 is 24.2 Å². The normalized spacial score (nSPS) is 13.8. The number of aryl methyl sites for hydroxylation is 2. The number of carbonyl (C=O) groups excluding carboxylic acids is 2. The zero-order chi connectivity index (χ0) is 27.6. The Morgan fingerprint density at radius 1 is 0.865 bits per heavy atom. The first-order chi connectivity index (χ1) is 17.7. The van der Waals surface area contributed by atoms with Crippen molar-refractivity contribution in [1.82, 2.24) is 5.32 Å². The van der Waals surface area contributed by atoms with Gasteiger partial charge in [0.15, 0.2) is 0 Å². The molecule has 4 N–H and O–H groups in total. The van der Waals surface area contributed by atoms with Crippen molar-refractivity contribution in [3.05, 3.63) is 71.8 Å². The molecule has 0 radical (unpaired) electrons. The van der Waals surface area contributed by atoms with Gasteiger partial charge in [0.2, 0.25) is 0 Å². The molecular weight excluding hydrogens is 468 g/mol. The molecule has 2 aromatic rings. The van der Waals surface area contributed by atoms with E-state index in [0.29, 0.717) is 6.42 Å². The number of carbonyl (C=O) groups is 2. The maximum atomic E-state index is 12.1. The molecule has 0 heterocycles. The van der Waals surface area contributed by atoms with Gasteiger partial charge in [-0.15, -0.1) is 0 Å². The second-order valence-corrected chi connectivity index (χ2v) is 9.87. The van der Waals surface area contributed by atoms with E-state index in [-0.39, 0.29) is 13.2 Å². The second kappa shape index (κ2) is 17.5. The van der Waals surface area contributed by atoms with Crippen molar-refractivity contribution in [3.8, 4) is 0 Å². The molecule has 2 atom stereocenters. The van der Waals surface area contributed by atoms with Gasteiger partial charge < -0.3 is 25.6 Å². The van der Waals surface area contributed by atoms with Gasteiger partial charge in [-0.2, -0.15) is 0 Å². The maximum Gasteiger partial charge on any atom is 0.407 e. The number of nitrogens with one attached hydrogen (secondary N) is 1. The zero-order valence-electron chi connectivity index (χ0n) is 23.0. The summed E-state index contributed by atoms with van der Waals surface area (Å²) in [5, 5.41) is 11.6. The SMILES string of the molecule is CC(N)(CO)CCCCc1ccccc1.CCOC(=O)C(C)(CCCCc1ccccc1)NC(=O)OC. The lowest BCUT2D eigenvalue weighted by molar-refractivity contribution is -0.150. The van der Waals surface area contributed by atoms with Gasteiger partial charge in [-0.3, -0.25) is 0 Å². The average molecular weight is 515 g/mol. The molecule has 0 aliphatic rings. The summed E-state index contributed by atoms with van der Waals surface area (Å²) in [6.45, 7) is 5.66. The molecule has 2 aromatic carbocycles. The third-order valence-electron chi connectivity index (χ3n) is 6.19. The van der Waals surface area contributed by atoms with Crippen molar-refractivity contribution in [2.45, 2.75) is 83.2 Å². The number of aliphatic hydroxyl groups is 1. The molecule has 1 amide bonds. The lowest BCUT2D eigenvalue weighted by atomic mass is 9.93. The van der Waals surface area contributed by atoms with Gasteiger partial charge >= 0.3 is 12.1 Å². The molecule has 2 unspecified atom stereocenters. The number of nitrogens with two attached hydrogens (primary N) is 1. The molecule has 0 saturated heterocycles. The van der Waals surface area contributed by atoms with E-state index in [0.717, 1.165) is 44.9 Å². The molecule has 0 aliphatic heterocycles. The minimum absolute atomic E-state index is 0.0678. The van der Waals surface area contributed by atoms with Crippen molar-refractivity contribution >= 4 is 12.1 Å². The number of unbranched alkanes of at least 4 members (excludes halogenated alkanes) is 2. The summed E-state index contributed by atoms with van der Waals surface area (Å²) in [5.74, 6) is -0.430. The molecule has 0 spiro atoms. The van der Waals surface area contributed by atoms with Crippen LogP contribution in [0.25, 0.3) is 0 Å². The quantitative estimate of drug-likeness (QED) is 0.236. The Balaban J connectivity index is 0.000000397. The molecule has 206 valence electrons. The molecule has 0 aromatic heterocycles. The van der Waals surface area contributed by atoms with E-state index in [2.05, 4.69) is 46.5 Å². The van der Waals surface area contributed by atoms with Crippen LogP contribution in [0.1, 0.15) is 70.4 Å². The van der Waals surface area contributed by atoms with E-state index in [1.165, 1.54) is 18.2 Å². The maximum absolute atomic E-state index is 12.1. The number of aliphatic hydroxyl groups excluding tert-OH is 1. The third kappa shape index (κ3) is 13.8. The minimum atomic E-state index is -1.06. The summed E-state index contributed by atoms with van der Waals surface area (Å²) in [6, 6.07) is 20.6. The zero-order valence-corrected chi connectivity index (χ0v) is 23.0. The first-order valence-corrected chi connectivity index (χ1v) is 13.2.